The molecule has 21 heavy (non-hydrogen) atoms. The first-order valence-corrected chi connectivity index (χ1v) is 8.34. The molecule has 4 nitrogen and oxygen atoms in total. The van der Waals surface area contributed by atoms with Crippen LogP contribution in [0, 0.1) is 5.92 Å². The van der Waals surface area contributed by atoms with Crippen LogP contribution in [0.1, 0.15) is 68.4 Å². The minimum Gasteiger partial charge on any atom is -0.397 e. The van der Waals surface area contributed by atoms with Gasteiger partial charge < -0.3 is 15.2 Å². The Morgan fingerprint density at radius 1 is 1.29 bits per heavy atom. The van der Waals surface area contributed by atoms with Crippen molar-refractivity contribution in [3.63, 3.8) is 0 Å². The molecule has 2 N–H and O–H groups in total. The predicted molar refractivity (Wildman–Crippen MR) is 85.2 cm³/mol. The van der Waals surface area contributed by atoms with E-state index in [1.165, 1.54) is 32.1 Å². The fraction of sp³-hybridized carbons (Fsp3) is 0.706. The van der Waals surface area contributed by atoms with E-state index in [2.05, 4.69) is 11.5 Å². The number of hydrogen-bond acceptors (Lipinski definition) is 2. The van der Waals surface area contributed by atoms with Crippen molar-refractivity contribution in [3.05, 3.63) is 18.0 Å². The Morgan fingerprint density at radius 2 is 1.95 bits per heavy atom. The van der Waals surface area contributed by atoms with Crippen LogP contribution in [0.2, 0.25) is 0 Å². The van der Waals surface area contributed by atoms with E-state index >= 15 is 0 Å². The predicted octanol–water partition coefficient (Wildman–Crippen LogP) is 3.45. The molecule has 0 spiro atoms. The number of nitrogens with zero attached hydrogens (tertiary/aromatic N) is 2. The minimum atomic E-state index is 0.138. The van der Waals surface area contributed by atoms with E-state index in [0.717, 1.165) is 24.5 Å². The average molecular weight is 289 g/mol. The lowest BCUT2D eigenvalue weighted by atomic mass is 9.84. The van der Waals surface area contributed by atoms with Gasteiger partial charge in [0.1, 0.15) is 5.69 Å². The highest BCUT2D eigenvalue weighted by atomic mass is 16.2. The Balaban J connectivity index is 1.70. The van der Waals surface area contributed by atoms with E-state index in [0.29, 0.717) is 17.8 Å². The first-order chi connectivity index (χ1) is 10.1. The molecule has 0 atom stereocenters. The summed E-state index contributed by atoms with van der Waals surface area (Å²) in [5.41, 5.74) is 7.38. The summed E-state index contributed by atoms with van der Waals surface area (Å²) < 4.78 is 2.09. The van der Waals surface area contributed by atoms with E-state index in [1.54, 1.807) is 0 Å². The van der Waals surface area contributed by atoms with Crippen LogP contribution in [0.15, 0.2) is 12.3 Å². The lowest BCUT2D eigenvalue weighted by molar-refractivity contribution is 0.0663. The van der Waals surface area contributed by atoms with Gasteiger partial charge in [-0.1, -0.05) is 13.3 Å². The van der Waals surface area contributed by atoms with Gasteiger partial charge in [0.2, 0.25) is 0 Å². The molecule has 0 aromatic carbocycles. The molecule has 2 fully saturated rings. The van der Waals surface area contributed by atoms with Gasteiger partial charge in [-0.3, -0.25) is 4.79 Å². The fourth-order valence-corrected chi connectivity index (χ4v) is 3.61. The second-order valence-electron chi connectivity index (χ2n) is 6.80. The van der Waals surface area contributed by atoms with Gasteiger partial charge in [-0.25, -0.2) is 0 Å². The molecule has 3 rings (SSSR count). The van der Waals surface area contributed by atoms with Crippen LogP contribution >= 0.6 is 0 Å². The van der Waals surface area contributed by atoms with E-state index in [4.69, 9.17) is 5.73 Å². The van der Waals surface area contributed by atoms with Crippen molar-refractivity contribution in [1.82, 2.24) is 9.47 Å². The summed E-state index contributed by atoms with van der Waals surface area (Å²) in [5.74, 6) is 0.995. The van der Waals surface area contributed by atoms with Gasteiger partial charge in [-0.05, 0) is 50.5 Å². The van der Waals surface area contributed by atoms with Crippen molar-refractivity contribution >= 4 is 11.6 Å². The molecular formula is C17H27N3O. The number of rotatable bonds is 4. The average Bonchev–Trinajstić information content (AvgIpc) is 3.28. The maximum absolute atomic E-state index is 12.8. The van der Waals surface area contributed by atoms with Crippen LogP contribution in [0.4, 0.5) is 5.69 Å². The highest BCUT2D eigenvalue weighted by Crippen LogP contribution is 2.38. The van der Waals surface area contributed by atoms with Crippen molar-refractivity contribution < 1.29 is 4.79 Å². The molecule has 2 saturated carbocycles. The third-order valence-corrected chi connectivity index (χ3v) is 5.29. The number of carbonyl (C=O) groups excluding carboxylic acids is 1. The quantitative estimate of drug-likeness (QED) is 0.923. The third-order valence-electron chi connectivity index (χ3n) is 5.29. The summed E-state index contributed by atoms with van der Waals surface area (Å²) in [6.07, 6.45) is 10.3. The number of aromatic nitrogens is 1. The highest BCUT2D eigenvalue weighted by molar-refractivity contribution is 5.94. The monoisotopic (exact) mass is 289 g/mol. The lowest BCUT2D eigenvalue weighted by Gasteiger charge is -2.34. The molecule has 1 aromatic heterocycles. The molecular weight excluding hydrogens is 262 g/mol. The zero-order chi connectivity index (χ0) is 15.0. The smallest absolute Gasteiger partial charge is 0.270 e. The molecule has 2 aliphatic carbocycles. The SMILES string of the molecule is CCC1CCC(N(C)C(=O)c2cc(N)cn2C2CC2)CC1. The molecule has 1 aromatic rings. The molecule has 4 heteroatoms. The van der Waals surface area contributed by atoms with Crippen LogP contribution in [0.25, 0.3) is 0 Å². The Hall–Kier alpha value is -1.45. The molecule has 0 radical (unpaired) electrons. The Morgan fingerprint density at radius 3 is 2.52 bits per heavy atom. The van der Waals surface area contributed by atoms with Gasteiger partial charge in [0, 0.05) is 25.3 Å². The largest absolute Gasteiger partial charge is 0.397 e. The molecule has 1 amide bonds. The molecule has 0 unspecified atom stereocenters. The normalized spacial score (nSPS) is 25.8. The number of nitrogen functional groups attached to an aromatic ring is 1. The molecule has 0 aliphatic heterocycles. The number of amides is 1. The summed E-state index contributed by atoms with van der Waals surface area (Å²) in [7, 11) is 1.96. The van der Waals surface area contributed by atoms with E-state index in [-0.39, 0.29) is 5.91 Å². The van der Waals surface area contributed by atoms with Gasteiger partial charge in [0.05, 0.1) is 5.69 Å². The van der Waals surface area contributed by atoms with Gasteiger partial charge in [0.25, 0.3) is 5.91 Å². The number of nitrogens with two attached hydrogens (primary N) is 1. The fourth-order valence-electron chi connectivity index (χ4n) is 3.61. The summed E-state index contributed by atoms with van der Waals surface area (Å²) in [6, 6.07) is 2.73. The van der Waals surface area contributed by atoms with Crippen molar-refractivity contribution in [2.75, 3.05) is 12.8 Å². The van der Waals surface area contributed by atoms with Crippen LogP contribution in [0.3, 0.4) is 0 Å². The van der Waals surface area contributed by atoms with E-state index in [9.17, 15) is 4.79 Å². The third kappa shape index (κ3) is 2.94. The molecule has 0 bridgehead atoms. The number of hydrogen-bond donors (Lipinski definition) is 1. The van der Waals surface area contributed by atoms with Crippen molar-refractivity contribution in [2.24, 2.45) is 5.92 Å². The second-order valence-corrected chi connectivity index (χ2v) is 6.80. The van der Waals surface area contributed by atoms with Gasteiger partial charge in [-0.2, -0.15) is 0 Å². The van der Waals surface area contributed by atoms with Gasteiger partial charge in [-0.15, -0.1) is 0 Å². The first kappa shape index (κ1) is 14.5. The Bertz CT molecular complexity index is 510. The van der Waals surface area contributed by atoms with Crippen LogP contribution < -0.4 is 5.73 Å². The summed E-state index contributed by atoms with van der Waals surface area (Å²) in [5, 5.41) is 0. The number of carbonyl (C=O) groups is 1. The topological polar surface area (TPSA) is 51.3 Å². The standard InChI is InChI=1S/C17H27N3O/c1-3-12-4-6-14(7-5-12)19(2)17(21)16-10-13(18)11-20(16)15-8-9-15/h10-12,14-15H,3-9,18H2,1-2H3. The van der Waals surface area contributed by atoms with Crippen LogP contribution in [-0.4, -0.2) is 28.5 Å². The summed E-state index contributed by atoms with van der Waals surface area (Å²) in [6.45, 7) is 2.27. The molecule has 1 heterocycles. The highest BCUT2D eigenvalue weighted by Gasteiger charge is 2.31. The Labute approximate surface area is 127 Å². The van der Waals surface area contributed by atoms with Crippen molar-refractivity contribution in [1.29, 1.82) is 0 Å². The zero-order valence-electron chi connectivity index (χ0n) is 13.2. The second kappa shape index (κ2) is 5.74. The maximum Gasteiger partial charge on any atom is 0.270 e. The van der Waals surface area contributed by atoms with Crippen molar-refractivity contribution in [3.8, 4) is 0 Å². The Kier molecular flexibility index (Phi) is 3.96. The van der Waals surface area contributed by atoms with E-state index in [1.807, 2.05) is 24.2 Å². The summed E-state index contributed by atoms with van der Waals surface area (Å²) in [4.78, 5) is 14.8. The van der Waals surface area contributed by atoms with Crippen LogP contribution in [-0.2, 0) is 0 Å². The van der Waals surface area contributed by atoms with Gasteiger partial charge in [0.15, 0.2) is 0 Å². The lowest BCUT2D eigenvalue weighted by Crippen LogP contribution is -2.40. The molecule has 0 saturated heterocycles. The maximum atomic E-state index is 12.8. The molecule has 116 valence electrons. The van der Waals surface area contributed by atoms with Crippen molar-refractivity contribution in [2.45, 2.75) is 64.0 Å². The molecule has 2 aliphatic rings. The first-order valence-electron chi connectivity index (χ1n) is 8.34. The minimum absolute atomic E-state index is 0.138. The van der Waals surface area contributed by atoms with Crippen LogP contribution in [0.5, 0.6) is 0 Å². The number of anilines is 1. The zero-order valence-corrected chi connectivity index (χ0v) is 13.2. The summed E-state index contributed by atoms with van der Waals surface area (Å²) >= 11 is 0. The van der Waals surface area contributed by atoms with E-state index < -0.39 is 0 Å². The van der Waals surface area contributed by atoms with Gasteiger partial charge >= 0.3 is 0 Å².